The maximum Gasteiger partial charge on any atom is 0.220 e. The molecule has 0 spiro atoms. The van der Waals surface area contributed by atoms with E-state index in [1.807, 2.05) is 0 Å². The van der Waals surface area contributed by atoms with E-state index in [2.05, 4.69) is 5.32 Å². The Morgan fingerprint density at radius 2 is 1.86 bits per heavy atom. The van der Waals surface area contributed by atoms with Crippen LogP contribution in [0.15, 0.2) is 0 Å². The van der Waals surface area contributed by atoms with Gasteiger partial charge in [0.2, 0.25) is 11.8 Å². The molecular formula is C10H18N2O2. The van der Waals surface area contributed by atoms with Gasteiger partial charge in [-0.1, -0.05) is 0 Å². The van der Waals surface area contributed by atoms with Crippen LogP contribution in [0.1, 0.15) is 32.6 Å². The van der Waals surface area contributed by atoms with Gasteiger partial charge in [0.1, 0.15) is 0 Å². The van der Waals surface area contributed by atoms with Gasteiger partial charge in [-0.3, -0.25) is 9.59 Å². The lowest BCUT2D eigenvalue weighted by molar-refractivity contribution is -0.123. The van der Waals surface area contributed by atoms with Crippen molar-refractivity contribution < 1.29 is 9.59 Å². The van der Waals surface area contributed by atoms with E-state index in [9.17, 15) is 9.59 Å². The van der Waals surface area contributed by atoms with Gasteiger partial charge in [0.15, 0.2) is 0 Å². The molecule has 3 N–H and O–H groups in total. The molecule has 0 radical (unpaired) electrons. The topological polar surface area (TPSA) is 72.2 Å². The highest BCUT2D eigenvalue weighted by atomic mass is 16.1. The maximum absolute atomic E-state index is 10.9. The Morgan fingerprint density at radius 1 is 1.29 bits per heavy atom. The predicted octanol–water partition coefficient (Wildman–Crippen LogP) is 0.414. The molecule has 0 aliphatic heterocycles. The number of carbonyl (C=O) groups excluding carboxylic acids is 2. The third-order valence-corrected chi connectivity index (χ3v) is 2.89. The van der Waals surface area contributed by atoms with Crippen molar-refractivity contribution in [2.75, 3.05) is 6.54 Å². The van der Waals surface area contributed by atoms with Crippen LogP contribution < -0.4 is 11.1 Å². The first-order valence-corrected chi connectivity index (χ1v) is 5.13. The molecule has 0 bridgehead atoms. The summed E-state index contributed by atoms with van der Waals surface area (Å²) in [6.07, 6.45) is 3.74. The van der Waals surface area contributed by atoms with Gasteiger partial charge in [-0.2, -0.15) is 0 Å². The summed E-state index contributed by atoms with van der Waals surface area (Å²) in [7, 11) is 0. The summed E-state index contributed by atoms with van der Waals surface area (Å²) in [5, 5.41) is 2.80. The van der Waals surface area contributed by atoms with Crippen molar-refractivity contribution >= 4 is 11.8 Å². The average molecular weight is 198 g/mol. The Morgan fingerprint density at radius 3 is 2.29 bits per heavy atom. The summed E-state index contributed by atoms with van der Waals surface area (Å²) >= 11 is 0. The van der Waals surface area contributed by atoms with Crippen LogP contribution in [-0.4, -0.2) is 18.4 Å². The molecular weight excluding hydrogens is 180 g/mol. The van der Waals surface area contributed by atoms with Crippen molar-refractivity contribution in [3.8, 4) is 0 Å². The van der Waals surface area contributed by atoms with E-state index < -0.39 is 0 Å². The van der Waals surface area contributed by atoms with E-state index in [0.29, 0.717) is 5.92 Å². The number of hydrogen-bond donors (Lipinski definition) is 2. The maximum atomic E-state index is 10.9. The summed E-state index contributed by atoms with van der Waals surface area (Å²) in [4.78, 5) is 21.6. The van der Waals surface area contributed by atoms with Gasteiger partial charge in [-0.25, -0.2) is 0 Å². The summed E-state index contributed by atoms with van der Waals surface area (Å²) in [6, 6.07) is 0. The SMILES string of the molecule is CC(=O)NCC1CCC(C(N)=O)CC1. The van der Waals surface area contributed by atoms with Gasteiger partial charge >= 0.3 is 0 Å². The molecule has 14 heavy (non-hydrogen) atoms. The number of nitrogens with one attached hydrogen (secondary N) is 1. The van der Waals surface area contributed by atoms with Crippen LogP contribution in [0.5, 0.6) is 0 Å². The van der Waals surface area contributed by atoms with Crippen LogP contribution in [-0.2, 0) is 9.59 Å². The van der Waals surface area contributed by atoms with Crippen molar-refractivity contribution in [2.45, 2.75) is 32.6 Å². The Balaban J connectivity index is 2.22. The van der Waals surface area contributed by atoms with E-state index in [1.54, 1.807) is 0 Å². The van der Waals surface area contributed by atoms with E-state index in [0.717, 1.165) is 32.2 Å². The predicted molar refractivity (Wildman–Crippen MR) is 53.3 cm³/mol. The second-order valence-electron chi connectivity index (χ2n) is 4.06. The van der Waals surface area contributed by atoms with Crippen LogP contribution in [0, 0.1) is 11.8 Å². The first kappa shape index (κ1) is 11.0. The molecule has 1 aliphatic rings. The second-order valence-corrected chi connectivity index (χ2v) is 4.06. The van der Waals surface area contributed by atoms with Crippen LogP contribution in [0.2, 0.25) is 0 Å². The van der Waals surface area contributed by atoms with Crippen LogP contribution in [0.4, 0.5) is 0 Å². The zero-order valence-corrected chi connectivity index (χ0v) is 8.58. The first-order chi connectivity index (χ1) is 6.59. The fourth-order valence-corrected chi connectivity index (χ4v) is 1.94. The molecule has 1 fully saturated rings. The zero-order valence-electron chi connectivity index (χ0n) is 8.58. The van der Waals surface area contributed by atoms with E-state index in [4.69, 9.17) is 5.73 Å². The van der Waals surface area contributed by atoms with Crippen LogP contribution in [0.25, 0.3) is 0 Å². The molecule has 0 saturated heterocycles. The molecule has 0 aromatic carbocycles. The lowest BCUT2D eigenvalue weighted by atomic mass is 9.81. The number of nitrogens with two attached hydrogens (primary N) is 1. The van der Waals surface area contributed by atoms with Gasteiger partial charge in [-0.15, -0.1) is 0 Å². The first-order valence-electron chi connectivity index (χ1n) is 5.13. The number of primary amides is 1. The van der Waals surface area contributed by atoms with Crippen molar-refractivity contribution in [1.29, 1.82) is 0 Å². The lowest BCUT2D eigenvalue weighted by Crippen LogP contribution is -2.32. The molecule has 1 rings (SSSR count). The summed E-state index contributed by atoms with van der Waals surface area (Å²) in [5.74, 6) is 0.420. The van der Waals surface area contributed by atoms with Crippen molar-refractivity contribution in [3.63, 3.8) is 0 Å². The molecule has 0 atom stereocenters. The van der Waals surface area contributed by atoms with Crippen molar-refractivity contribution in [3.05, 3.63) is 0 Å². The van der Waals surface area contributed by atoms with Gasteiger partial charge in [-0.05, 0) is 31.6 Å². The molecule has 0 heterocycles. The highest BCUT2D eigenvalue weighted by Crippen LogP contribution is 2.27. The normalized spacial score (nSPS) is 26.9. The molecule has 0 aromatic heterocycles. The molecule has 80 valence electrons. The number of rotatable bonds is 3. The summed E-state index contributed by atoms with van der Waals surface area (Å²) < 4.78 is 0. The molecule has 4 nitrogen and oxygen atoms in total. The Kier molecular flexibility index (Phi) is 3.92. The molecule has 1 saturated carbocycles. The fraction of sp³-hybridized carbons (Fsp3) is 0.800. The smallest absolute Gasteiger partial charge is 0.220 e. The van der Waals surface area contributed by atoms with E-state index in [1.165, 1.54) is 6.92 Å². The standard InChI is InChI=1S/C10H18N2O2/c1-7(13)12-6-8-2-4-9(5-3-8)10(11)14/h8-9H,2-6H2,1H3,(H2,11,14)(H,12,13). The molecule has 0 unspecified atom stereocenters. The minimum atomic E-state index is -0.178. The number of carbonyl (C=O) groups is 2. The quantitative estimate of drug-likeness (QED) is 0.689. The van der Waals surface area contributed by atoms with Crippen LogP contribution >= 0.6 is 0 Å². The minimum Gasteiger partial charge on any atom is -0.369 e. The number of hydrogen-bond acceptors (Lipinski definition) is 2. The molecule has 4 heteroatoms. The molecule has 2 amide bonds. The van der Waals surface area contributed by atoms with Gasteiger partial charge < -0.3 is 11.1 Å². The highest BCUT2D eigenvalue weighted by molar-refractivity contribution is 5.76. The summed E-state index contributed by atoms with van der Waals surface area (Å²) in [5.41, 5.74) is 5.23. The van der Waals surface area contributed by atoms with Crippen LogP contribution in [0.3, 0.4) is 0 Å². The highest BCUT2D eigenvalue weighted by Gasteiger charge is 2.24. The third kappa shape index (κ3) is 3.36. The zero-order chi connectivity index (χ0) is 10.6. The minimum absolute atomic E-state index is 0.0158. The van der Waals surface area contributed by atoms with Crippen molar-refractivity contribution in [2.24, 2.45) is 17.6 Å². The van der Waals surface area contributed by atoms with E-state index in [-0.39, 0.29) is 17.7 Å². The monoisotopic (exact) mass is 198 g/mol. The van der Waals surface area contributed by atoms with Gasteiger partial charge in [0.05, 0.1) is 0 Å². The summed E-state index contributed by atoms with van der Waals surface area (Å²) in [6.45, 7) is 2.26. The Bertz CT molecular complexity index is 220. The van der Waals surface area contributed by atoms with Crippen molar-refractivity contribution in [1.82, 2.24) is 5.32 Å². The lowest BCUT2D eigenvalue weighted by Gasteiger charge is -2.26. The molecule has 1 aliphatic carbocycles. The fourth-order valence-electron chi connectivity index (χ4n) is 1.94. The second kappa shape index (κ2) is 4.98. The average Bonchev–Trinajstić information content (AvgIpc) is 2.15. The van der Waals surface area contributed by atoms with Gasteiger partial charge in [0.25, 0.3) is 0 Å². The van der Waals surface area contributed by atoms with Gasteiger partial charge in [0, 0.05) is 19.4 Å². The third-order valence-electron chi connectivity index (χ3n) is 2.89. The Labute approximate surface area is 84.2 Å². The molecule has 0 aromatic rings. The Hall–Kier alpha value is -1.06. The largest absolute Gasteiger partial charge is 0.369 e. The number of amides is 2. The van der Waals surface area contributed by atoms with E-state index >= 15 is 0 Å².